The highest BCUT2D eigenvalue weighted by Gasteiger charge is 2.21. The molecule has 0 aliphatic heterocycles. The highest BCUT2D eigenvalue weighted by Crippen LogP contribution is 2.18. The summed E-state index contributed by atoms with van der Waals surface area (Å²) in [5, 5.41) is 2.90. The molecule has 130 valence electrons. The third kappa shape index (κ3) is 3.42. The highest BCUT2D eigenvalue weighted by atomic mass is 16.5. The maximum atomic E-state index is 12.6. The molecule has 6 heteroatoms. The van der Waals surface area contributed by atoms with Crippen molar-refractivity contribution in [2.45, 2.75) is 26.0 Å². The Kier molecular flexibility index (Phi) is 4.61. The second kappa shape index (κ2) is 6.84. The molecule has 0 aliphatic rings. The van der Waals surface area contributed by atoms with Crippen LogP contribution in [0.2, 0.25) is 0 Å². The van der Waals surface area contributed by atoms with Crippen LogP contribution >= 0.6 is 0 Å². The lowest BCUT2D eigenvalue weighted by Gasteiger charge is -2.22. The van der Waals surface area contributed by atoms with Crippen LogP contribution in [0.5, 0.6) is 5.75 Å². The van der Waals surface area contributed by atoms with E-state index in [4.69, 9.17) is 9.15 Å². The molecule has 1 aromatic heterocycles. The topological polar surface area (TPSA) is 73.5 Å². The fourth-order valence-corrected chi connectivity index (χ4v) is 2.55. The first-order valence-corrected chi connectivity index (χ1v) is 8.08. The number of amides is 1. The van der Waals surface area contributed by atoms with E-state index >= 15 is 0 Å². The molecular formula is C19H20N2O4. The molecule has 2 atom stereocenters. The molecule has 6 nitrogen and oxygen atoms in total. The quantitative estimate of drug-likeness (QED) is 0.775. The van der Waals surface area contributed by atoms with Gasteiger partial charge in [0.05, 0.1) is 17.1 Å². The first kappa shape index (κ1) is 16.8. The smallest absolute Gasteiger partial charge is 0.419 e. The second-order valence-corrected chi connectivity index (χ2v) is 5.98. The normalized spacial score (nSPS) is 13.4. The van der Waals surface area contributed by atoms with E-state index in [-0.39, 0.29) is 23.6 Å². The van der Waals surface area contributed by atoms with Gasteiger partial charge in [-0.3, -0.25) is 9.36 Å². The first-order valence-electron chi connectivity index (χ1n) is 8.08. The number of carbonyl (C=O) groups is 1. The lowest BCUT2D eigenvalue weighted by atomic mass is 10.1. The van der Waals surface area contributed by atoms with Crippen molar-refractivity contribution in [3.63, 3.8) is 0 Å². The van der Waals surface area contributed by atoms with Gasteiger partial charge < -0.3 is 14.5 Å². The first-order chi connectivity index (χ1) is 12.0. The molecule has 3 rings (SSSR count). The van der Waals surface area contributed by atoms with E-state index in [1.807, 2.05) is 44.2 Å². The molecule has 2 aromatic carbocycles. The van der Waals surface area contributed by atoms with Crippen LogP contribution in [0, 0.1) is 0 Å². The lowest BCUT2D eigenvalue weighted by Crippen LogP contribution is -2.42. The number of nitrogens with zero attached hydrogens (tertiary/aromatic N) is 1. The SMILES string of the molecule is C[C@H](NC(=O)c1cccc2c1oc(=O)n2C)[C@H](C)Oc1ccccc1. The van der Waals surface area contributed by atoms with Crippen LogP contribution in [-0.4, -0.2) is 22.6 Å². The number of aromatic nitrogens is 1. The summed E-state index contributed by atoms with van der Waals surface area (Å²) in [5.41, 5.74) is 1.20. The molecule has 1 amide bonds. The Morgan fingerprint density at radius 3 is 2.56 bits per heavy atom. The Hall–Kier alpha value is -3.02. The van der Waals surface area contributed by atoms with Gasteiger partial charge >= 0.3 is 5.76 Å². The van der Waals surface area contributed by atoms with E-state index in [0.29, 0.717) is 11.1 Å². The number of rotatable bonds is 5. The van der Waals surface area contributed by atoms with Gasteiger partial charge in [0.25, 0.3) is 5.91 Å². The Bertz CT molecular complexity index is 943. The molecule has 0 radical (unpaired) electrons. The number of benzene rings is 2. The molecule has 25 heavy (non-hydrogen) atoms. The van der Waals surface area contributed by atoms with Crippen molar-refractivity contribution < 1.29 is 13.9 Å². The van der Waals surface area contributed by atoms with Gasteiger partial charge in [0.1, 0.15) is 11.9 Å². The summed E-state index contributed by atoms with van der Waals surface area (Å²) in [6.07, 6.45) is -0.228. The second-order valence-electron chi connectivity index (χ2n) is 5.98. The maximum Gasteiger partial charge on any atom is 0.419 e. The zero-order valence-corrected chi connectivity index (χ0v) is 14.4. The summed E-state index contributed by atoms with van der Waals surface area (Å²) in [4.78, 5) is 24.3. The lowest BCUT2D eigenvalue weighted by molar-refractivity contribution is 0.0894. The van der Waals surface area contributed by atoms with E-state index in [2.05, 4.69) is 5.32 Å². The summed E-state index contributed by atoms with van der Waals surface area (Å²) in [7, 11) is 1.61. The maximum absolute atomic E-state index is 12.6. The van der Waals surface area contributed by atoms with Crippen molar-refractivity contribution in [3.8, 4) is 5.75 Å². The van der Waals surface area contributed by atoms with Crippen LogP contribution in [0.1, 0.15) is 24.2 Å². The van der Waals surface area contributed by atoms with Gasteiger partial charge in [-0.25, -0.2) is 4.79 Å². The van der Waals surface area contributed by atoms with Gasteiger partial charge in [-0.05, 0) is 38.1 Å². The Morgan fingerprint density at radius 1 is 1.12 bits per heavy atom. The van der Waals surface area contributed by atoms with Crippen LogP contribution < -0.4 is 15.8 Å². The number of oxazole rings is 1. The van der Waals surface area contributed by atoms with Crippen molar-refractivity contribution in [1.29, 1.82) is 0 Å². The summed E-state index contributed by atoms with van der Waals surface area (Å²) >= 11 is 0. The molecule has 0 saturated carbocycles. The molecule has 0 bridgehead atoms. The number of hydrogen-bond donors (Lipinski definition) is 1. The van der Waals surface area contributed by atoms with E-state index in [1.165, 1.54) is 4.57 Å². The molecule has 1 N–H and O–H groups in total. The summed E-state index contributed by atoms with van der Waals surface area (Å²) < 4.78 is 12.4. The third-order valence-electron chi connectivity index (χ3n) is 4.19. The Morgan fingerprint density at radius 2 is 1.84 bits per heavy atom. The van der Waals surface area contributed by atoms with Gasteiger partial charge in [-0.1, -0.05) is 24.3 Å². The fourth-order valence-electron chi connectivity index (χ4n) is 2.55. The van der Waals surface area contributed by atoms with E-state index in [0.717, 1.165) is 5.75 Å². The number of fused-ring (bicyclic) bond motifs is 1. The largest absolute Gasteiger partial charge is 0.489 e. The van der Waals surface area contributed by atoms with E-state index < -0.39 is 5.76 Å². The van der Waals surface area contributed by atoms with Crippen molar-refractivity contribution in [1.82, 2.24) is 9.88 Å². The molecule has 0 unspecified atom stereocenters. The van der Waals surface area contributed by atoms with Gasteiger partial charge in [-0.15, -0.1) is 0 Å². The van der Waals surface area contributed by atoms with Crippen molar-refractivity contribution in [2.24, 2.45) is 7.05 Å². The average Bonchev–Trinajstić information content (AvgIpc) is 2.90. The zero-order valence-electron chi connectivity index (χ0n) is 14.4. The van der Waals surface area contributed by atoms with E-state index in [9.17, 15) is 9.59 Å². The van der Waals surface area contributed by atoms with Gasteiger partial charge in [0.2, 0.25) is 0 Å². The number of nitrogens with one attached hydrogen (secondary N) is 1. The minimum Gasteiger partial charge on any atom is -0.489 e. The van der Waals surface area contributed by atoms with Crippen LogP contribution in [0.25, 0.3) is 11.1 Å². The van der Waals surface area contributed by atoms with Crippen LogP contribution in [0.4, 0.5) is 0 Å². The predicted molar refractivity (Wildman–Crippen MR) is 94.9 cm³/mol. The van der Waals surface area contributed by atoms with Gasteiger partial charge in [0, 0.05) is 7.05 Å². The molecule has 1 heterocycles. The highest BCUT2D eigenvalue weighted by molar-refractivity contribution is 6.04. The van der Waals surface area contributed by atoms with Crippen molar-refractivity contribution in [2.75, 3.05) is 0 Å². The number of aryl methyl sites for hydroxylation is 1. The standard InChI is InChI=1S/C19H20N2O4/c1-12(13(2)24-14-8-5-4-6-9-14)20-18(22)15-10-7-11-16-17(15)25-19(23)21(16)3/h4-13H,1-3H3,(H,20,22)/t12-,13-/m0/s1. The zero-order chi connectivity index (χ0) is 18.0. The molecule has 0 aliphatic carbocycles. The van der Waals surface area contributed by atoms with Gasteiger partial charge in [0.15, 0.2) is 5.58 Å². The summed E-state index contributed by atoms with van der Waals surface area (Å²) in [5.74, 6) is -0.0627. The molecule has 0 spiro atoms. The van der Waals surface area contributed by atoms with Gasteiger partial charge in [-0.2, -0.15) is 0 Å². The number of ether oxygens (including phenoxy) is 1. The number of carbonyl (C=O) groups excluding carboxylic acids is 1. The number of para-hydroxylation sites is 2. The summed E-state index contributed by atoms with van der Waals surface area (Å²) in [6, 6.07) is 14.3. The third-order valence-corrected chi connectivity index (χ3v) is 4.19. The summed E-state index contributed by atoms with van der Waals surface area (Å²) in [6.45, 7) is 3.76. The van der Waals surface area contributed by atoms with Crippen LogP contribution in [0.15, 0.2) is 57.7 Å². The molecule has 3 aromatic rings. The molecule has 0 fully saturated rings. The van der Waals surface area contributed by atoms with Crippen molar-refractivity contribution in [3.05, 3.63) is 64.6 Å². The van der Waals surface area contributed by atoms with Crippen LogP contribution in [0.3, 0.4) is 0 Å². The van der Waals surface area contributed by atoms with E-state index in [1.54, 1.807) is 25.2 Å². The number of hydrogen-bond acceptors (Lipinski definition) is 4. The predicted octanol–water partition coefficient (Wildman–Crippen LogP) is 2.72. The minimum atomic E-state index is -0.496. The molecular weight excluding hydrogens is 320 g/mol. The molecule has 0 saturated heterocycles. The average molecular weight is 340 g/mol. The monoisotopic (exact) mass is 340 g/mol. The van der Waals surface area contributed by atoms with Crippen molar-refractivity contribution >= 4 is 17.0 Å². The Balaban J connectivity index is 1.76. The van der Waals surface area contributed by atoms with Crippen LogP contribution in [-0.2, 0) is 7.05 Å². The minimum absolute atomic E-state index is 0.228. The Labute approximate surface area is 145 Å². The fraction of sp³-hybridized carbons (Fsp3) is 0.263.